The smallest absolute Gasteiger partial charge is 0.298 e. The summed E-state index contributed by atoms with van der Waals surface area (Å²) in [5.41, 5.74) is 6.68. The Morgan fingerprint density at radius 1 is 1.53 bits per heavy atom. The molecule has 0 saturated heterocycles. The zero-order valence-corrected chi connectivity index (χ0v) is 9.99. The summed E-state index contributed by atoms with van der Waals surface area (Å²) in [4.78, 5) is 4.17. The first-order chi connectivity index (χ1) is 8.22. The van der Waals surface area contributed by atoms with Crippen LogP contribution in [0.15, 0.2) is 18.2 Å². The number of benzene rings is 1. The Morgan fingerprint density at radius 2 is 2.35 bits per heavy atom. The average molecular weight is 246 g/mol. The number of nitrogen functional groups attached to an aromatic ring is 1. The number of ether oxygens (including phenoxy) is 1. The summed E-state index contributed by atoms with van der Waals surface area (Å²) >= 11 is 1.18. The van der Waals surface area contributed by atoms with Crippen molar-refractivity contribution < 1.29 is 4.74 Å². The van der Waals surface area contributed by atoms with Crippen LogP contribution in [-0.2, 0) is 6.42 Å². The second kappa shape index (κ2) is 4.80. The van der Waals surface area contributed by atoms with Crippen LogP contribution in [0.3, 0.4) is 0 Å². The van der Waals surface area contributed by atoms with Gasteiger partial charge in [0.15, 0.2) is 5.75 Å². The number of nitrogens with zero attached hydrogens (tertiary/aromatic N) is 3. The molecule has 6 heteroatoms. The van der Waals surface area contributed by atoms with Crippen LogP contribution in [0.4, 0.5) is 5.69 Å². The number of aromatic nitrogens is 2. The molecule has 0 unspecified atom stereocenters. The minimum atomic E-state index is 0.414. The minimum Gasteiger partial charge on any atom is -0.428 e. The molecule has 1 aromatic heterocycles. The van der Waals surface area contributed by atoms with E-state index in [1.54, 1.807) is 18.2 Å². The molecule has 1 aromatic carbocycles. The Hall–Kier alpha value is -2.13. The molecule has 0 radical (unpaired) electrons. The molecule has 17 heavy (non-hydrogen) atoms. The fraction of sp³-hybridized carbons (Fsp3) is 0.182. The van der Waals surface area contributed by atoms with E-state index in [-0.39, 0.29) is 0 Å². The third kappa shape index (κ3) is 2.52. The van der Waals surface area contributed by atoms with Gasteiger partial charge in [-0.2, -0.15) is 14.6 Å². The van der Waals surface area contributed by atoms with Crippen LogP contribution in [0.5, 0.6) is 10.9 Å². The third-order valence-corrected chi connectivity index (χ3v) is 2.73. The van der Waals surface area contributed by atoms with Crippen LogP contribution in [0, 0.1) is 11.3 Å². The van der Waals surface area contributed by atoms with Crippen LogP contribution in [0.25, 0.3) is 0 Å². The first kappa shape index (κ1) is 11.4. The second-order valence-electron chi connectivity index (χ2n) is 3.30. The highest BCUT2D eigenvalue weighted by Gasteiger charge is 2.07. The maximum Gasteiger partial charge on any atom is 0.298 e. The van der Waals surface area contributed by atoms with Gasteiger partial charge >= 0.3 is 0 Å². The van der Waals surface area contributed by atoms with Crippen molar-refractivity contribution >= 4 is 17.2 Å². The van der Waals surface area contributed by atoms with Gasteiger partial charge in [0, 0.05) is 18.0 Å². The van der Waals surface area contributed by atoms with Crippen LogP contribution >= 0.6 is 11.5 Å². The number of anilines is 1. The lowest BCUT2D eigenvalue weighted by Gasteiger charge is -2.04. The Labute approximate surface area is 103 Å². The molecule has 0 spiro atoms. The summed E-state index contributed by atoms with van der Waals surface area (Å²) in [7, 11) is 0. The van der Waals surface area contributed by atoms with Crippen LogP contribution in [0.1, 0.15) is 18.3 Å². The molecule has 0 aliphatic carbocycles. The van der Waals surface area contributed by atoms with Gasteiger partial charge < -0.3 is 10.5 Å². The summed E-state index contributed by atoms with van der Waals surface area (Å²) in [6, 6.07) is 6.88. The number of aryl methyl sites for hydroxylation is 1. The van der Waals surface area contributed by atoms with E-state index < -0.39 is 0 Å². The topological polar surface area (TPSA) is 84.8 Å². The summed E-state index contributed by atoms with van der Waals surface area (Å²) < 4.78 is 9.61. The van der Waals surface area contributed by atoms with E-state index in [0.29, 0.717) is 22.2 Å². The highest BCUT2D eigenvalue weighted by molar-refractivity contribution is 7.07. The van der Waals surface area contributed by atoms with Gasteiger partial charge in [-0.3, -0.25) is 0 Å². The second-order valence-corrected chi connectivity index (χ2v) is 4.01. The predicted octanol–water partition coefficient (Wildman–Crippen LogP) is 2.35. The number of nitriles is 1. The number of hydrogen-bond donors (Lipinski definition) is 1. The largest absolute Gasteiger partial charge is 0.428 e. The molecule has 0 aliphatic rings. The van der Waals surface area contributed by atoms with Crippen molar-refractivity contribution in [1.29, 1.82) is 5.26 Å². The number of nitrogens with two attached hydrogens (primary N) is 1. The lowest BCUT2D eigenvalue weighted by atomic mass is 10.2. The van der Waals surface area contributed by atoms with Crippen molar-refractivity contribution in [2.24, 2.45) is 0 Å². The van der Waals surface area contributed by atoms with Crippen molar-refractivity contribution in [3.05, 3.63) is 29.6 Å². The molecular formula is C11H10N4OS. The Morgan fingerprint density at radius 3 is 2.94 bits per heavy atom. The highest BCUT2D eigenvalue weighted by atomic mass is 32.1. The molecule has 5 nitrogen and oxygen atoms in total. The lowest BCUT2D eigenvalue weighted by Crippen LogP contribution is -1.93. The first-order valence-electron chi connectivity index (χ1n) is 5.03. The quantitative estimate of drug-likeness (QED) is 0.840. The Bertz CT molecular complexity index is 573. The Balaban J connectivity index is 2.21. The molecular weight excluding hydrogens is 236 g/mol. The van der Waals surface area contributed by atoms with Crippen LogP contribution in [0.2, 0.25) is 0 Å². The zero-order valence-electron chi connectivity index (χ0n) is 9.17. The summed E-state index contributed by atoms with van der Waals surface area (Å²) in [5.74, 6) is 1.24. The molecule has 0 fully saturated rings. The van der Waals surface area contributed by atoms with E-state index in [9.17, 15) is 0 Å². The van der Waals surface area contributed by atoms with Crippen molar-refractivity contribution in [3.8, 4) is 17.0 Å². The van der Waals surface area contributed by atoms with E-state index in [1.807, 2.05) is 13.0 Å². The van der Waals surface area contributed by atoms with Crippen molar-refractivity contribution in [2.75, 3.05) is 5.73 Å². The van der Waals surface area contributed by atoms with Crippen LogP contribution < -0.4 is 10.5 Å². The normalized spacial score (nSPS) is 9.88. The molecule has 0 saturated carbocycles. The van der Waals surface area contributed by atoms with Crippen LogP contribution in [-0.4, -0.2) is 9.36 Å². The van der Waals surface area contributed by atoms with E-state index in [2.05, 4.69) is 9.36 Å². The standard InChI is InChI=1S/C11H10N4OS/c1-2-10-14-11(17-15-10)16-9-4-3-7(6-12)5-8(9)13/h3-5H,2,13H2,1H3. The molecule has 0 aliphatic heterocycles. The summed E-state index contributed by atoms with van der Waals surface area (Å²) in [5, 5.41) is 9.17. The van der Waals surface area contributed by atoms with E-state index in [1.165, 1.54) is 11.5 Å². The Kier molecular flexibility index (Phi) is 3.21. The first-order valence-corrected chi connectivity index (χ1v) is 5.80. The molecule has 2 rings (SSSR count). The van der Waals surface area contributed by atoms with Crippen molar-refractivity contribution in [1.82, 2.24) is 9.36 Å². The summed E-state index contributed by atoms with van der Waals surface area (Å²) in [6.45, 7) is 1.97. The van der Waals surface area contributed by atoms with Gasteiger partial charge in [0.25, 0.3) is 5.19 Å². The van der Waals surface area contributed by atoms with E-state index >= 15 is 0 Å². The third-order valence-electron chi connectivity index (χ3n) is 2.10. The molecule has 86 valence electrons. The molecule has 0 bridgehead atoms. The lowest BCUT2D eigenvalue weighted by molar-refractivity contribution is 0.479. The maximum absolute atomic E-state index is 8.71. The monoisotopic (exact) mass is 246 g/mol. The minimum absolute atomic E-state index is 0.414. The molecule has 0 amide bonds. The molecule has 0 atom stereocenters. The predicted molar refractivity (Wildman–Crippen MR) is 64.9 cm³/mol. The van der Waals surface area contributed by atoms with Crippen molar-refractivity contribution in [3.63, 3.8) is 0 Å². The fourth-order valence-corrected chi connectivity index (χ4v) is 1.85. The average Bonchev–Trinajstić information content (AvgIpc) is 2.79. The maximum atomic E-state index is 8.71. The fourth-order valence-electron chi connectivity index (χ4n) is 1.23. The number of hydrogen-bond acceptors (Lipinski definition) is 6. The van der Waals surface area contributed by atoms with Gasteiger partial charge in [0.05, 0.1) is 17.3 Å². The SMILES string of the molecule is CCc1nsc(Oc2ccc(C#N)cc2N)n1. The van der Waals surface area contributed by atoms with E-state index in [0.717, 1.165) is 12.2 Å². The molecule has 1 heterocycles. The van der Waals surface area contributed by atoms with E-state index in [4.69, 9.17) is 15.7 Å². The van der Waals surface area contributed by atoms with Gasteiger partial charge in [0.1, 0.15) is 5.82 Å². The van der Waals surface area contributed by atoms with Gasteiger partial charge in [-0.25, -0.2) is 0 Å². The van der Waals surface area contributed by atoms with Crippen molar-refractivity contribution in [2.45, 2.75) is 13.3 Å². The molecule has 2 aromatic rings. The van der Waals surface area contributed by atoms with Gasteiger partial charge in [-0.1, -0.05) is 6.92 Å². The summed E-state index contributed by atoms with van der Waals surface area (Å²) in [6.07, 6.45) is 0.767. The van der Waals surface area contributed by atoms with Gasteiger partial charge in [-0.05, 0) is 18.2 Å². The number of rotatable bonds is 3. The van der Waals surface area contributed by atoms with Gasteiger partial charge in [-0.15, -0.1) is 0 Å². The van der Waals surface area contributed by atoms with Gasteiger partial charge in [0.2, 0.25) is 0 Å². The zero-order chi connectivity index (χ0) is 12.3. The highest BCUT2D eigenvalue weighted by Crippen LogP contribution is 2.29. The molecule has 2 N–H and O–H groups in total.